The van der Waals surface area contributed by atoms with Crippen LogP contribution in [0.4, 0.5) is 4.79 Å². The van der Waals surface area contributed by atoms with Gasteiger partial charge in [0.25, 0.3) is 11.7 Å². The van der Waals surface area contributed by atoms with E-state index in [-0.39, 0.29) is 62.0 Å². The van der Waals surface area contributed by atoms with Gasteiger partial charge in [-0.1, -0.05) is 71.1 Å². The topological polar surface area (TPSA) is 270 Å². The molecule has 0 aromatic carbocycles. The van der Waals surface area contributed by atoms with Crippen molar-refractivity contribution in [1.29, 1.82) is 0 Å². The molecule has 0 unspecified atom stereocenters. The number of aliphatic hydroxyl groups excluding tert-OH is 1. The van der Waals surface area contributed by atoms with E-state index in [9.17, 15) is 34.2 Å². The van der Waals surface area contributed by atoms with Gasteiger partial charge in [-0.3, -0.25) is 14.4 Å². The highest BCUT2D eigenvalue weighted by Crippen LogP contribution is 2.38. The summed E-state index contributed by atoms with van der Waals surface area (Å²) >= 11 is 0. The molecule has 3 fully saturated rings. The number of hydrogen-bond donors (Lipinski definition) is 3. The number of nitrogens with zero attached hydrogens (tertiary/aromatic N) is 1. The van der Waals surface area contributed by atoms with Gasteiger partial charge in [0, 0.05) is 78.7 Å². The van der Waals surface area contributed by atoms with Crippen molar-refractivity contribution in [2.24, 2.45) is 35.5 Å². The van der Waals surface area contributed by atoms with Gasteiger partial charge in [-0.05, 0) is 114 Å². The van der Waals surface area contributed by atoms with Gasteiger partial charge in [0.2, 0.25) is 5.79 Å². The minimum absolute atomic E-state index is 0.00340. The molecule has 23 nitrogen and oxygen atoms in total. The van der Waals surface area contributed by atoms with Crippen LogP contribution in [0.3, 0.4) is 0 Å². The first-order valence-corrected chi connectivity index (χ1v) is 33.7. The molecule has 2 bridgehead atoms. The van der Waals surface area contributed by atoms with Gasteiger partial charge in [0.1, 0.15) is 30.5 Å². The maximum atomic E-state index is 14.8. The number of methoxy groups -OCH3 is 4. The molecule has 528 valence electrons. The molecule has 2 amide bonds. The number of carbonyl (C=O) groups excluding carboxylic acids is 5. The van der Waals surface area contributed by atoms with Crippen molar-refractivity contribution in [2.75, 3.05) is 134 Å². The molecule has 92 heavy (non-hydrogen) atoms. The molecule has 3 heterocycles. The van der Waals surface area contributed by atoms with Crippen LogP contribution in [0.2, 0.25) is 0 Å². The van der Waals surface area contributed by atoms with Crippen LogP contribution in [0.25, 0.3) is 0 Å². The number of carbonyl (C=O) groups is 5. The lowest BCUT2D eigenvalue weighted by molar-refractivity contribution is -0.265. The molecule has 4 aliphatic rings. The molecule has 1 aliphatic carbocycles. The Labute approximate surface area is 548 Å². The standard InChI is InChI=1S/C69H116N2O21/c1-13-83-29-30-85-33-34-87-37-38-89-40-39-88-36-35-86-32-31-84-28-26-70-68(77)91-58-25-23-54(44-61(58)80-10)43-50(5)60-46-57(72)49(4)42-52(7)63(81-11)64(82-12)62(73)51(6)41-47(2)19-15-14-16-20-48(3)59(79-9)45-55-24-22-53(8)69(78,92-55)65(74)66(75)71-27-18-17-21-56(71)67(76)90-60/h14-16,19-20,42,47,49-51,53-61,63-64,72,78H,13,17-18,21-41,43-46H2,1-12H3,(H,70,77)/b16-14+,19-15+,48-20+,52-42+/t47-,49-,50-,51-,53-,54+,55+,56+,57-,58-,59+,60+,61-,63-,64+,69-/m1/s1. The van der Waals surface area contributed by atoms with E-state index < -0.39 is 96.2 Å². The minimum atomic E-state index is -2.45. The highest BCUT2D eigenvalue weighted by atomic mass is 16.6. The number of allylic oxidation sites excluding steroid dienone is 5. The summed E-state index contributed by atoms with van der Waals surface area (Å²) in [6.45, 7) is 21.9. The molecular weight excluding hydrogens is 1190 g/mol. The van der Waals surface area contributed by atoms with Gasteiger partial charge < -0.3 is 86.7 Å². The Balaban J connectivity index is 1.40. The number of Topliss-reactive ketones (excluding diaryl/α,β-unsaturated/α-hetero) is 2. The van der Waals surface area contributed by atoms with Gasteiger partial charge in [-0.2, -0.15) is 0 Å². The molecule has 0 spiro atoms. The zero-order valence-electron chi connectivity index (χ0n) is 57.5. The molecule has 4 rings (SSSR count). The van der Waals surface area contributed by atoms with E-state index in [0.717, 1.165) is 5.57 Å². The predicted octanol–water partition coefficient (Wildman–Crippen LogP) is 7.50. The van der Waals surface area contributed by atoms with Crippen LogP contribution in [-0.2, 0) is 85.5 Å². The predicted molar refractivity (Wildman–Crippen MR) is 345 cm³/mol. The van der Waals surface area contributed by atoms with Crippen LogP contribution < -0.4 is 5.32 Å². The third kappa shape index (κ3) is 27.6. The van der Waals surface area contributed by atoms with Crippen LogP contribution in [0, 0.1) is 35.5 Å². The Morgan fingerprint density at radius 3 is 1.88 bits per heavy atom. The third-order valence-corrected chi connectivity index (χ3v) is 18.1. The average molecular weight is 1310 g/mol. The number of esters is 1. The van der Waals surface area contributed by atoms with E-state index in [1.165, 1.54) is 19.1 Å². The maximum Gasteiger partial charge on any atom is 0.407 e. The number of hydrogen-bond acceptors (Lipinski definition) is 21. The van der Waals surface area contributed by atoms with Crippen molar-refractivity contribution < 1.29 is 101 Å². The zero-order valence-corrected chi connectivity index (χ0v) is 57.5. The van der Waals surface area contributed by atoms with E-state index in [4.69, 9.17) is 66.3 Å². The quantitative estimate of drug-likeness (QED) is 0.0272. The van der Waals surface area contributed by atoms with Crippen LogP contribution in [0.1, 0.15) is 132 Å². The molecule has 16 atom stereocenters. The van der Waals surface area contributed by atoms with Crippen molar-refractivity contribution >= 4 is 29.5 Å². The van der Waals surface area contributed by atoms with Gasteiger partial charge in [0.05, 0.1) is 110 Å². The second-order valence-corrected chi connectivity index (χ2v) is 25.2. The summed E-state index contributed by atoms with van der Waals surface area (Å²) in [7, 11) is 6.17. The third-order valence-electron chi connectivity index (χ3n) is 18.1. The fourth-order valence-corrected chi connectivity index (χ4v) is 12.5. The number of rotatable bonds is 30. The Morgan fingerprint density at radius 1 is 0.685 bits per heavy atom. The largest absolute Gasteiger partial charge is 0.460 e. The lowest BCUT2D eigenvalue weighted by Crippen LogP contribution is -2.61. The Kier molecular flexibility index (Phi) is 39.0. The molecule has 3 aliphatic heterocycles. The number of fused-ring (bicyclic) bond motifs is 3. The molecule has 0 aromatic rings. The zero-order chi connectivity index (χ0) is 67.4. The van der Waals surface area contributed by atoms with Crippen molar-refractivity contribution in [3.63, 3.8) is 0 Å². The highest BCUT2D eigenvalue weighted by molar-refractivity contribution is 6.39. The van der Waals surface area contributed by atoms with Crippen LogP contribution >= 0.6 is 0 Å². The SMILES string of the molecule is CCOCCOCCOCCOCCOCCOCCOCCNC(=O)O[C@@H]1CC[C@@H](C[C@@H](C)[C@@H]2C[C@@H](O)[C@H](C)/C=C(\C)[C@@H](OC)[C@@H](OC)C(=O)[C@H](C)C[C@H](C)/C=C/C=C/C=C(\C)[C@@H](OC)C[C@@H]3CC[C@@H](C)[C@@](O)(O3)C(=O)C(=O)N3CCCC[C@H]3C(=O)O2)C[C@H]1OC. The molecule has 0 radical (unpaired) electrons. The van der Waals surface area contributed by atoms with Gasteiger partial charge in [0.15, 0.2) is 5.78 Å². The Morgan fingerprint density at radius 2 is 1.29 bits per heavy atom. The fraction of sp³-hybridized carbons (Fsp3) is 0.812. The molecule has 1 saturated carbocycles. The molecule has 0 aromatic heterocycles. The Hall–Kier alpha value is -4.05. The smallest absolute Gasteiger partial charge is 0.407 e. The number of nitrogens with one attached hydrogen (secondary N) is 1. The summed E-state index contributed by atoms with van der Waals surface area (Å²) in [6, 6.07) is -1.15. The van der Waals surface area contributed by atoms with E-state index >= 15 is 0 Å². The first-order valence-electron chi connectivity index (χ1n) is 33.7. The van der Waals surface area contributed by atoms with Crippen molar-refractivity contribution in [2.45, 2.75) is 193 Å². The highest BCUT2D eigenvalue weighted by Gasteiger charge is 2.53. The van der Waals surface area contributed by atoms with E-state index in [1.807, 2.05) is 84.9 Å². The van der Waals surface area contributed by atoms with Crippen molar-refractivity contribution in [3.05, 3.63) is 47.6 Å². The van der Waals surface area contributed by atoms with Gasteiger partial charge in [-0.15, -0.1) is 0 Å². The van der Waals surface area contributed by atoms with Crippen LogP contribution in [-0.4, -0.2) is 239 Å². The molecule has 3 N–H and O–H groups in total. The first-order chi connectivity index (χ1) is 44.2. The number of aliphatic hydroxyl groups is 2. The van der Waals surface area contributed by atoms with Crippen molar-refractivity contribution in [3.8, 4) is 0 Å². The number of cyclic esters (lactones) is 1. The summed E-state index contributed by atoms with van der Waals surface area (Å²) in [5, 5.41) is 27.0. The number of alkyl carbamates (subject to hydrolysis) is 1. The lowest BCUT2D eigenvalue weighted by Gasteiger charge is -2.43. The summed E-state index contributed by atoms with van der Waals surface area (Å²) in [4.78, 5) is 72.1. The van der Waals surface area contributed by atoms with E-state index in [1.54, 1.807) is 21.1 Å². The summed E-state index contributed by atoms with van der Waals surface area (Å²) in [5.41, 5.74) is 1.56. The number of amides is 2. The average Bonchev–Trinajstić information content (AvgIpc) is 0.801. The summed E-state index contributed by atoms with van der Waals surface area (Å²) in [6.07, 6.45) is 10.7. The Bertz CT molecular complexity index is 2270. The normalized spacial score (nSPS) is 32.7. The first kappa shape index (κ1) is 80.4. The maximum absolute atomic E-state index is 14.8. The van der Waals surface area contributed by atoms with Gasteiger partial charge >= 0.3 is 12.1 Å². The van der Waals surface area contributed by atoms with E-state index in [2.05, 4.69) is 5.32 Å². The minimum Gasteiger partial charge on any atom is -0.460 e. The van der Waals surface area contributed by atoms with Crippen molar-refractivity contribution in [1.82, 2.24) is 10.2 Å². The number of ether oxygens (including phenoxy) is 14. The summed E-state index contributed by atoms with van der Waals surface area (Å²) < 4.78 is 80.6. The number of ketones is 2. The van der Waals surface area contributed by atoms with Gasteiger partial charge in [-0.25, -0.2) is 9.59 Å². The second-order valence-electron chi connectivity index (χ2n) is 25.2. The van der Waals surface area contributed by atoms with Crippen LogP contribution in [0.15, 0.2) is 47.6 Å². The second kappa shape index (κ2) is 44.6. The molecule has 2 saturated heterocycles. The summed E-state index contributed by atoms with van der Waals surface area (Å²) in [5.74, 6) is -7.34. The molecule has 23 heteroatoms. The van der Waals surface area contributed by atoms with Crippen LogP contribution in [0.5, 0.6) is 0 Å². The fourth-order valence-electron chi connectivity index (χ4n) is 12.5. The monoisotopic (exact) mass is 1310 g/mol. The van der Waals surface area contributed by atoms with E-state index in [0.29, 0.717) is 156 Å². The lowest BCUT2D eigenvalue weighted by atomic mass is 9.78. The number of piperidine rings is 1. The molecular formula is C69H116N2O21.